The summed E-state index contributed by atoms with van der Waals surface area (Å²) in [5.74, 6) is -1.31. The summed E-state index contributed by atoms with van der Waals surface area (Å²) in [5.41, 5.74) is 2.26. The number of hydrogen-bond donors (Lipinski definition) is 1. The predicted molar refractivity (Wildman–Crippen MR) is 107 cm³/mol. The van der Waals surface area contributed by atoms with Gasteiger partial charge in [0.15, 0.2) is 0 Å². The first-order valence-electron chi connectivity index (χ1n) is 8.85. The van der Waals surface area contributed by atoms with Gasteiger partial charge in [-0.05, 0) is 36.2 Å². The molecule has 0 aromatic heterocycles. The zero-order valence-electron chi connectivity index (χ0n) is 14.9. The third-order valence-electron chi connectivity index (χ3n) is 4.50. The molecule has 0 saturated heterocycles. The Morgan fingerprint density at radius 3 is 1.96 bits per heavy atom. The van der Waals surface area contributed by atoms with Gasteiger partial charge in [0.25, 0.3) is 0 Å². The molecular weight excluding hydrogens is 372 g/mol. The van der Waals surface area contributed by atoms with E-state index in [0.29, 0.717) is 0 Å². The van der Waals surface area contributed by atoms with Crippen molar-refractivity contribution in [2.24, 2.45) is 0 Å². The summed E-state index contributed by atoms with van der Waals surface area (Å²) in [5, 5.41) is 14.3. The van der Waals surface area contributed by atoms with E-state index in [1.165, 1.54) is 4.90 Å². The first-order valence-corrected chi connectivity index (χ1v) is 9.66. The standard InChI is InChI=1S/C22H18N2O3S/c25-21(26)16(14-15-8-2-1-3-9-15)23-22(27)24-17-10-4-6-12-19(17)28-20-13-7-5-11-18(20)24/h1-13,16H,14H2,(H,23,27)(H,25,26)/p-1/t16-/m0/s1. The Morgan fingerprint density at radius 1 is 0.857 bits per heavy atom. The van der Waals surface area contributed by atoms with E-state index in [-0.39, 0.29) is 6.42 Å². The number of benzene rings is 3. The van der Waals surface area contributed by atoms with E-state index in [0.717, 1.165) is 26.7 Å². The normalized spacial score (nSPS) is 13.2. The van der Waals surface area contributed by atoms with Gasteiger partial charge in [0.05, 0.1) is 23.4 Å². The fourth-order valence-corrected chi connectivity index (χ4v) is 4.24. The number of rotatable bonds is 4. The highest BCUT2D eigenvalue weighted by Gasteiger charge is 2.29. The molecule has 1 N–H and O–H groups in total. The first kappa shape index (κ1) is 18.1. The van der Waals surface area contributed by atoms with Crippen molar-refractivity contribution in [1.29, 1.82) is 0 Å². The average Bonchev–Trinajstić information content (AvgIpc) is 2.72. The molecule has 2 amide bonds. The number of para-hydroxylation sites is 2. The van der Waals surface area contributed by atoms with E-state index in [2.05, 4.69) is 5.32 Å². The number of nitrogens with one attached hydrogen (secondary N) is 1. The molecule has 1 aliphatic heterocycles. The molecule has 1 heterocycles. The minimum Gasteiger partial charge on any atom is -0.548 e. The lowest BCUT2D eigenvalue weighted by Crippen LogP contribution is -2.52. The molecule has 6 heteroatoms. The summed E-state index contributed by atoms with van der Waals surface area (Å²) in [6.07, 6.45) is 0.154. The topological polar surface area (TPSA) is 72.5 Å². The molecular formula is C22H17N2O3S-. The number of carboxylic acid groups (broad SMARTS) is 1. The van der Waals surface area contributed by atoms with Crippen LogP contribution in [0.5, 0.6) is 0 Å². The number of urea groups is 1. The van der Waals surface area contributed by atoms with Crippen molar-refractivity contribution >= 4 is 35.1 Å². The number of carboxylic acids is 1. The van der Waals surface area contributed by atoms with Crippen molar-refractivity contribution in [1.82, 2.24) is 5.32 Å². The van der Waals surface area contributed by atoms with Gasteiger partial charge in [-0.15, -0.1) is 0 Å². The smallest absolute Gasteiger partial charge is 0.327 e. The van der Waals surface area contributed by atoms with Crippen LogP contribution in [0.3, 0.4) is 0 Å². The van der Waals surface area contributed by atoms with Crippen molar-refractivity contribution in [3.8, 4) is 0 Å². The van der Waals surface area contributed by atoms with Crippen molar-refractivity contribution in [3.63, 3.8) is 0 Å². The molecule has 0 unspecified atom stereocenters. The maximum Gasteiger partial charge on any atom is 0.327 e. The van der Waals surface area contributed by atoms with Gasteiger partial charge in [-0.3, -0.25) is 4.90 Å². The Balaban J connectivity index is 1.64. The Labute approximate surface area is 167 Å². The molecule has 1 atom stereocenters. The number of carbonyl (C=O) groups is 2. The quantitative estimate of drug-likeness (QED) is 0.743. The van der Waals surface area contributed by atoms with Gasteiger partial charge in [-0.25, -0.2) is 4.79 Å². The van der Waals surface area contributed by atoms with Gasteiger partial charge >= 0.3 is 6.03 Å². The predicted octanol–water partition coefficient (Wildman–Crippen LogP) is 3.36. The van der Waals surface area contributed by atoms with E-state index in [9.17, 15) is 14.7 Å². The molecule has 0 fully saturated rings. The molecule has 3 aromatic carbocycles. The van der Waals surface area contributed by atoms with Crippen LogP contribution in [0.2, 0.25) is 0 Å². The van der Waals surface area contributed by atoms with Crippen LogP contribution in [0.15, 0.2) is 88.7 Å². The van der Waals surface area contributed by atoms with E-state index in [1.807, 2.05) is 78.9 Å². The van der Waals surface area contributed by atoms with E-state index in [1.54, 1.807) is 11.8 Å². The number of fused-ring (bicyclic) bond motifs is 2. The molecule has 28 heavy (non-hydrogen) atoms. The summed E-state index contributed by atoms with van der Waals surface area (Å²) in [6.45, 7) is 0. The highest BCUT2D eigenvalue weighted by Crippen LogP contribution is 2.47. The lowest BCUT2D eigenvalue weighted by Gasteiger charge is -2.32. The van der Waals surface area contributed by atoms with Gasteiger partial charge in [-0.2, -0.15) is 0 Å². The van der Waals surface area contributed by atoms with Crippen molar-refractivity contribution in [3.05, 3.63) is 84.4 Å². The van der Waals surface area contributed by atoms with E-state index in [4.69, 9.17) is 0 Å². The molecule has 140 valence electrons. The lowest BCUT2D eigenvalue weighted by molar-refractivity contribution is -0.308. The SMILES string of the molecule is O=C([O-])[C@H](Cc1ccccc1)NC(=O)N1c2ccccc2Sc2ccccc21. The van der Waals surface area contributed by atoms with Crippen LogP contribution in [0.4, 0.5) is 16.2 Å². The summed E-state index contributed by atoms with van der Waals surface area (Å²) in [7, 11) is 0. The molecule has 1 aliphatic rings. The monoisotopic (exact) mass is 389 g/mol. The van der Waals surface area contributed by atoms with Gasteiger partial charge in [-0.1, -0.05) is 66.4 Å². The van der Waals surface area contributed by atoms with Crippen LogP contribution in [0.25, 0.3) is 0 Å². The van der Waals surface area contributed by atoms with Crippen LogP contribution >= 0.6 is 11.8 Å². The van der Waals surface area contributed by atoms with Gasteiger partial charge in [0, 0.05) is 9.79 Å². The lowest BCUT2D eigenvalue weighted by atomic mass is 10.1. The Hall–Kier alpha value is -3.25. The number of anilines is 2. The summed E-state index contributed by atoms with van der Waals surface area (Å²) >= 11 is 1.58. The van der Waals surface area contributed by atoms with Crippen molar-refractivity contribution in [2.75, 3.05) is 4.90 Å². The first-order chi connectivity index (χ1) is 13.6. The van der Waals surface area contributed by atoms with Crippen LogP contribution in [0, 0.1) is 0 Å². The molecule has 0 radical (unpaired) electrons. The third kappa shape index (κ3) is 3.59. The van der Waals surface area contributed by atoms with Gasteiger partial charge < -0.3 is 15.2 Å². The minimum atomic E-state index is -1.31. The second-order valence-electron chi connectivity index (χ2n) is 6.38. The van der Waals surface area contributed by atoms with Crippen molar-refractivity contribution in [2.45, 2.75) is 22.3 Å². The Kier molecular flexibility index (Phi) is 5.04. The number of carbonyl (C=O) groups excluding carboxylic acids is 2. The molecule has 5 nitrogen and oxygen atoms in total. The Morgan fingerprint density at radius 2 is 1.39 bits per heavy atom. The molecule has 0 aliphatic carbocycles. The largest absolute Gasteiger partial charge is 0.548 e. The second-order valence-corrected chi connectivity index (χ2v) is 7.47. The van der Waals surface area contributed by atoms with Crippen molar-refractivity contribution < 1.29 is 14.7 Å². The minimum absolute atomic E-state index is 0.154. The highest BCUT2D eigenvalue weighted by atomic mass is 32.2. The van der Waals surface area contributed by atoms with Crippen LogP contribution < -0.4 is 15.3 Å². The Bertz CT molecular complexity index is 978. The third-order valence-corrected chi connectivity index (χ3v) is 5.63. The molecule has 4 rings (SSSR count). The summed E-state index contributed by atoms with van der Waals surface area (Å²) in [6, 6.07) is 22.7. The van der Waals surface area contributed by atoms with Crippen LogP contribution in [-0.4, -0.2) is 18.0 Å². The summed E-state index contributed by atoms with van der Waals surface area (Å²) in [4.78, 5) is 28.2. The zero-order valence-corrected chi connectivity index (χ0v) is 15.7. The number of nitrogens with zero attached hydrogens (tertiary/aromatic N) is 1. The summed E-state index contributed by atoms with van der Waals surface area (Å²) < 4.78 is 0. The van der Waals surface area contributed by atoms with Gasteiger partial charge in [0.1, 0.15) is 0 Å². The van der Waals surface area contributed by atoms with E-state index < -0.39 is 18.0 Å². The highest BCUT2D eigenvalue weighted by molar-refractivity contribution is 7.99. The maximum absolute atomic E-state index is 13.1. The average molecular weight is 389 g/mol. The van der Waals surface area contributed by atoms with Crippen LogP contribution in [0.1, 0.15) is 5.56 Å². The number of aliphatic carboxylic acids is 1. The van der Waals surface area contributed by atoms with E-state index >= 15 is 0 Å². The molecule has 0 bridgehead atoms. The fraction of sp³-hybridized carbons (Fsp3) is 0.0909. The fourth-order valence-electron chi connectivity index (χ4n) is 3.18. The second kappa shape index (κ2) is 7.78. The molecule has 0 saturated carbocycles. The number of amides is 2. The van der Waals surface area contributed by atoms with Crippen LogP contribution in [-0.2, 0) is 11.2 Å². The zero-order chi connectivity index (χ0) is 19.5. The van der Waals surface area contributed by atoms with Gasteiger partial charge in [0.2, 0.25) is 0 Å². The molecule has 3 aromatic rings. The molecule has 0 spiro atoms. The number of hydrogen-bond acceptors (Lipinski definition) is 4. The maximum atomic E-state index is 13.1.